The van der Waals surface area contributed by atoms with Gasteiger partial charge in [-0.3, -0.25) is 0 Å². The fourth-order valence-corrected chi connectivity index (χ4v) is 0.368. The fraction of sp³-hybridized carbons (Fsp3) is 0.750. The molecule has 0 amide bonds. The zero-order valence-corrected chi connectivity index (χ0v) is 3.48. The van der Waals surface area contributed by atoms with Crippen LogP contribution in [0, 0.1) is 5.92 Å². The molecule has 0 aromatic rings. The number of carbonyl (C=O) groups is 1. The Kier molecular flexibility index (Phi) is 0.719. The van der Waals surface area contributed by atoms with E-state index < -0.39 is 0 Å². The largest absolute Gasteiger partial charge is 0.312 e. The number of hydrogen-bond acceptors (Lipinski definition) is 1. The van der Waals surface area contributed by atoms with Gasteiger partial charge in [-0.15, -0.1) is 0 Å². The van der Waals surface area contributed by atoms with E-state index in [0.29, 0.717) is 0 Å². The van der Waals surface area contributed by atoms with Crippen LogP contribution in [-0.4, -0.2) is 13.5 Å². The fourth-order valence-electron chi connectivity index (χ4n) is 0.368. The summed E-state index contributed by atoms with van der Waals surface area (Å²) in [4.78, 5) is 9.98. The second-order valence-electron chi connectivity index (χ2n) is 1.68. The van der Waals surface area contributed by atoms with E-state index in [9.17, 15) is 4.79 Å². The summed E-state index contributed by atoms with van der Waals surface area (Å²) in [7, 11) is 4.86. The van der Waals surface area contributed by atoms with Crippen molar-refractivity contribution in [3.63, 3.8) is 0 Å². The average molecular weight is 79.9 g/mol. The van der Waals surface area contributed by atoms with E-state index in [1.165, 1.54) is 0 Å². The second-order valence-corrected chi connectivity index (χ2v) is 1.68. The molecule has 0 heterocycles. The molecule has 1 nitrogen and oxygen atoms in total. The van der Waals surface area contributed by atoms with E-state index in [-0.39, 0.29) is 11.6 Å². The van der Waals surface area contributed by atoms with Gasteiger partial charge in [0.15, 0.2) is 7.85 Å². The van der Waals surface area contributed by atoms with Gasteiger partial charge in [0.25, 0.3) is 0 Å². The maximum Gasteiger partial charge on any atom is 0.168 e. The Bertz CT molecular complexity index is 75.6. The van der Waals surface area contributed by atoms with Crippen LogP contribution in [0.1, 0.15) is 12.8 Å². The molecule has 0 saturated heterocycles. The first-order valence-corrected chi connectivity index (χ1v) is 2.10. The van der Waals surface area contributed by atoms with Crippen molar-refractivity contribution >= 4 is 13.5 Å². The van der Waals surface area contributed by atoms with Crippen molar-refractivity contribution < 1.29 is 4.79 Å². The van der Waals surface area contributed by atoms with Crippen LogP contribution < -0.4 is 0 Å². The first-order chi connectivity index (χ1) is 2.80. The van der Waals surface area contributed by atoms with Crippen molar-refractivity contribution in [3.8, 4) is 0 Å². The summed E-state index contributed by atoms with van der Waals surface area (Å²) in [5.41, 5.74) is -0.130. The van der Waals surface area contributed by atoms with Gasteiger partial charge in [0.2, 0.25) is 0 Å². The van der Waals surface area contributed by atoms with Gasteiger partial charge in [-0.25, -0.2) is 0 Å². The van der Waals surface area contributed by atoms with Crippen LogP contribution in [0.3, 0.4) is 0 Å². The molecule has 1 saturated carbocycles. The summed E-state index contributed by atoms with van der Waals surface area (Å²) >= 11 is 0. The topological polar surface area (TPSA) is 17.1 Å². The number of hydrogen-bond donors (Lipinski definition) is 0. The number of carbonyl (C=O) groups excluding carboxylic acids is 1. The Labute approximate surface area is 38.1 Å². The predicted molar refractivity (Wildman–Crippen MR) is 23.5 cm³/mol. The zero-order valence-electron chi connectivity index (χ0n) is 3.48. The van der Waals surface area contributed by atoms with E-state index in [1.54, 1.807) is 0 Å². The van der Waals surface area contributed by atoms with E-state index in [2.05, 4.69) is 0 Å². The standard InChI is InChI=1S/C4H5BO/c5-4(6)3-1-2-3/h3H,1-2H2. The molecule has 30 valence electrons. The summed E-state index contributed by atoms with van der Waals surface area (Å²) < 4.78 is 0. The maximum absolute atomic E-state index is 9.98. The van der Waals surface area contributed by atoms with E-state index in [0.717, 1.165) is 12.8 Å². The Hall–Kier alpha value is -0.265. The molecule has 0 unspecified atom stereocenters. The molecule has 2 heteroatoms. The van der Waals surface area contributed by atoms with Gasteiger partial charge in [0.1, 0.15) is 0 Å². The molecule has 0 N–H and O–H groups in total. The van der Waals surface area contributed by atoms with Gasteiger partial charge in [-0.05, 0) is 12.8 Å². The molecule has 0 aromatic heterocycles. The van der Waals surface area contributed by atoms with Crippen LogP contribution >= 0.6 is 0 Å². The van der Waals surface area contributed by atoms with Gasteiger partial charge in [0, 0.05) is 5.92 Å². The average Bonchev–Trinajstić information content (AvgIpc) is 2.06. The van der Waals surface area contributed by atoms with Gasteiger partial charge < -0.3 is 4.79 Å². The van der Waals surface area contributed by atoms with Crippen molar-refractivity contribution in [3.05, 3.63) is 0 Å². The summed E-state index contributed by atoms with van der Waals surface area (Å²) in [6.07, 6.45) is 2.05. The van der Waals surface area contributed by atoms with E-state index in [4.69, 9.17) is 7.85 Å². The van der Waals surface area contributed by atoms with E-state index >= 15 is 0 Å². The molecule has 0 bridgehead atoms. The lowest BCUT2D eigenvalue weighted by molar-refractivity contribution is -0.112. The highest BCUT2D eigenvalue weighted by atomic mass is 16.1. The van der Waals surface area contributed by atoms with Gasteiger partial charge >= 0.3 is 0 Å². The molecule has 1 aliphatic rings. The van der Waals surface area contributed by atoms with Crippen LogP contribution in [0.4, 0.5) is 0 Å². The van der Waals surface area contributed by atoms with Crippen LogP contribution in [0.2, 0.25) is 0 Å². The number of rotatable bonds is 1. The highest BCUT2D eigenvalue weighted by molar-refractivity contribution is 6.58. The SMILES string of the molecule is [B]C(=O)C1CC1. The third kappa shape index (κ3) is 0.616. The van der Waals surface area contributed by atoms with Crippen molar-refractivity contribution in [1.82, 2.24) is 0 Å². The lowest BCUT2D eigenvalue weighted by Gasteiger charge is -1.76. The minimum atomic E-state index is -0.130. The maximum atomic E-state index is 9.98. The molecule has 0 aliphatic heterocycles. The van der Waals surface area contributed by atoms with E-state index in [1.807, 2.05) is 0 Å². The zero-order chi connectivity index (χ0) is 4.57. The normalized spacial score (nSPS) is 20.7. The molecule has 0 atom stereocenters. The van der Waals surface area contributed by atoms with Gasteiger partial charge in [-0.1, -0.05) is 0 Å². The summed E-state index contributed by atoms with van der Waals surface area (Å²) in [5, 5.41) is 0. The minimum Gasteiger partial charge on any atom is -0.312 e. The van der Waals surface area contributed by atoms with Crippen LogP contribution in [0.5, 0.6) is 0 Å². The van der Waals surface area contributed by atoms with Crippen molar-refractivity contribution in [2.75, 3.05) is 0 Å². The molecule has 0 aromatic carbocycles. The Morgan fingerprint density at radius 1 is 1.67 bits per heavy atom. The third-order valence-corrected chi connectivity index (χ3v) is 0.980. The van der Waals surface area contributed by atoms with Crippen LogP contribution in [0.25, 0.3) is 0 Å². The molecule has 1 fully saturated rings. The minimum absolute atomic E-state index is 0.130. The molecule has 1 rings (SSSR count). The van der Waals surface area contributed by atoms with Crippen LogP contribution in [-0.2, 0) is 4.79 Å². The molecular formula is C4H5BO. The highest BCUT2D eigenvalue weighted by Crippen LogP contribution is 2.28. The summed E-state index contributed by atoms with van der Waals surface area (Å²) in [6, 6.07) is 0. The Morgan fingerprint density at radius 3 is 2.17 bits per heavy atom. The van der Waals surface area contributed by atoms with Crippen molar-refractivity contribution in [2.45, 2.75) is 12.8 Å². The van der Waals surface area contributed by atoms with Crippen LogP contribution in [0.15, 0.2) is 0 Å². The molecule has 6 heavy (non-hydrogen) atoms. The molecule has 0 spiro atoms. The van der Waals surface area contributed by atoms with Gasteiger partial charge in [-0.2, -0.15) is 0 Å². The first kappa shape index (κ1) is 3.91. The van der Waals surface area contributed by atoms with Crippen molar-refractivity contribution in [1.29, 1.82) is 0 Å². The molecular weight excluding hydrogens is 74.9 g/mol. The predicted octanol–water partition coefficient (Wildman–Crippen LogP) is 0.0915. The Balaban J connectivity index is 2.31. The van der Waals surface area contributed by atoms with Crippen molar-refractivity contribution in [2.24, 2.45) is 5.92 Å². The second kappa shape index (κ2) is 1.10. The Morgan fingerprint density at radius 2 is 2.17 bits per heavy atom. The lowest BCUT2D eigenvalue weighted by atomic mass is 9.99. The lowest BCUT2D eigenvalue weighted by Crippen LogP contribution is -1.95. The summed E-state index contributed by atoms with van der Waals surface area (Å²) in [6.45, 7) is 0. The highest BCUT2D eigenvalue weighted by Gasteiger charge is 2.24. The monoisotopic (exact) mass is 80.0 g/mol. The summed E-state index contributed by atoms with van der Waals surface area (Å²) in [5.74, 6) is 0.241. The quantitative estimate of drug-likeness (QED) is 0.408. The van der Waals surface area contributed by atoms with Gasteiger partial charge in [0.05, 0.1) is 5.68 Å². The first-order valence-electron chi connectivity index (χ1n) is 2.10. The molecule has 1 aliphatic carbocycles. The third-order valence-electron chi connectivity index (χ3n) is 0.980. The molecule has 2 radical (unpaired) electrons. The smallest absolute Gasteiger partial charge is 0.168 e.